The van der Waals surface area contributed by atoms with Crippen molar-refractivity contribution in [2.45, 2.75) is 33.2 Å². The molecule has 0 aliphatic carbocycles. The molecule has 2 amide bonds. The number of hydrogen-bond acceptors (Lipinski definition) is 3. The van der Waals surface area contributed by atoms with Gasteiger partial charge in [0.1, 0.15) is 5.75 Å². The van der Waals surface area contributed by atoms with E-state index in [4.69, 9.17) is 4.74 Å². The molecule has 2 aromatic rings. The zero-order valence-electron chi connectivity index (χ0n) is 16.1. The van der Waals surface area contributed by atoms with Crippen molar-refractivity contribution >= 4 is 17.5 Å². The van der Waals surface area contributed by atoms with Crippen molar-refractivity contribution < 1.29 is 14.3 Å². The van der Waals surface area contributed by atoms with Crippen molar-refractivity contribution in [1.29, 1.82) is 0 Å². The number of nitrogens with one attached hydrogen (secondary N) is 1. The van der Waals surface area contributed by atoms with Gasteiger partial charge in [-0.3, -0.25) is 9.59 Å². The van der Waals surface area contributed by atoms with Crippen LogP contribution in [0, 0.1) is 12.8 Å². The van der Waals surface area contributed by atoms with Gasteiger partial charge < -0.3 is 15.0 Å². The normalized spacial score (nSPS) is 17.7. The molecule has 0 aromatic heterocycles. The number of carbonyl (C=O) groups excluding carboxylic acids is 2. The Hall–Kier alpha value is -2.82. The van der Waals surface area contributed by atoms with E-state index in [-0.39, 0.29) is 30.2 Å². The van der Waals surface area contributed by atoms with Gasteiger partial charge in [-0.05, 0) is 44.0 Å². The molecular weight excluding hydrogens is 340 g/mol. The molecule has 27 heavy (non-hydrogen) atoms. The second kappa shape index (κ2) is 8.25. The van der Waals surface area contributed by atoms with E-state index in [0.29, 0.717) is 18.9 Å². The summed E-state index contributed by atoms with van der Waals surface area (Å²) in [5.41, 5.74) is 2.96. The smallest absolute Gasteiger partial charge is 0.227 e. The molecule has 5 nitrogen and oxygen atoms in total. The summed E-state index contributed by atoms with van der Waals surface area (Å²) < 4.78 is 5.63. The van der Waals surface area contributed by atoms with Gasteiger partial charge in [0, 0.05) is 13.0 Å². The highest BCUT2D eigenvalue weighted by atomic mass is 16.5. The third-order valence-electron chi connectivity index (χ3n) is 4.97. The van der Waals surface area contributed by atoms with Crippen LogP contribution in [0.2, 0.25) is 0 Å². The first-order valence-electron chi connectivity index (χ1n) is 9.39. The summed E-state index contributed by atoms with van der Waals surface area (Å²) in [7, 11) is 0. The predicted molar refractivity (Wildman–Crippen MR) is 106 cm³/mol. The monoisotopic (exact) mass is 366 g/mol. The number of anilines is 1. The van der Waals surface area contributed by atoms with E-state index in [1.807, 2.05) is 69.3 Å². The summed E-state index contributed by atoms with van der Waals surface area (Å²) in [6, 6.07) is 15.4. The maximum absolute atomic E-state index is 12.8. The van der Waals surface area contributed by atoms with E-state index in [1.165, 1.54) is 0 Å². The van der Waals surface area contributed by atoms with Crippen molar-refractivity contribution in [3.8, 4) is 5.75 Å². The molecule has 1 aliphatic heterocycles. The van der Waals surface area contributed by atoms with Gasteiger partial charge in [0.15, 0.2) is 0 Å². The SMILES string of the molecule is CCOc1ccccc1N1CC(C(=O)NC(C)c2ccccc2C)CC1=O. The van der Waals surface area contributed by atoms with Crippen LogP contribution in [0.3, 0.4) is 0 Å². The molecule has 2 unspecified atom stereocenters. The first-order valence-corrected chi connectivity index (χ1v) is 9.39. The average Bonchev–Trinajstić information content (AvgIpc) is 3.04. The molecule has 1 N–H and O–H groups in total. The van der Waals surface area contributed by atoms with Crippen molar-refractivity contribution in [3.63, 3.8) is 0 Å². The number of ether oxygens (including phenoxy) is 1. The van der Waals surface area contributed by atoms with Gasteiger partial charge in [-0.25, -0.2) is 0 Å². The number of amides is 2. The number of carbonyl (C=O) groups is 2. The summed E-state index contributed by atoms with van der Waals surface area (Å²) in [6.07, 6.45) is 0.215. The average molecular weight is 366 g/mol. The lowest BCUT2D eigenvalue weighted by Gasteiger charge is -2.21. The van der Waals surface area contributed by atoms with Gasteiger partial charge in [0.05, 0.1) is 24.3 Å². The highest BCUT2D eigenvalue weighted by Crippen LogP contribution is 2.33. The van der Waals surface area contributed by atoms with Crippen LogP contribution in [0.15, 0.2) is 48.5 Å². The highest BCUT2D eigenvalue weighted by Gasteiger charge is 2.36. The predicted octanol–water partition coefficient (Wildman–Crippen LogP) is 3.62. The Morgan fingerprint density at radius 3 is 2.67 bits per heavy atom. The topological polar surface area (TPSA) is 58.6 Å². The number of para-hydroxylation sites is 2. The molecule has 1 aliphatic rings. The molecule has 0 spiro atoms. The zero-order chi connectivity index (χ0) is 19.4. The zero-order valence-corrected chi connectivity index (χ0v) is 16.1. The van der Waals surface area contributed by atoms with Crippen LogP contribution < -0.4 is 15.0 Å². The quantitative estimate of drug-likeness (QED) is 0.849. The molecule has 3 rings (SSSR count). The van der Waals surface area contributed by atoms with Crippen LogP contribution in [0.4, 0.5) is 5.69 Å². The minimum atomic E-state index is -0.362. The molecule has 5 heteroatoms. The molecular formula is C22H26N2O3. The number of hydrogen-bond donors (Lipinski definition) is 1. The van der Waals surface area contributed by atoms with E-state index in [1.54, 1.807) is 4.90 Å². The molecule has 1 fully saturated rings. The Morgan fingerprint density at radius 2 is 1.93 bits per heavy atom. The van der Waals surface area contributed by atoms with Gasteiger partial charge in [0.25, 0.3) is 0 Å². The second-order valence-electron chi connectivity index (χ2n) is 6.89. The van der Waals surface area contributed by atoms with Gasteiger partial charge in [-0.1, -0.05) is 36.4 Å². The lowest BCUT2D eigenvalue weighted by atomic mass is 10.0. The third-order valence-corrected chi connectivity index (χ3v) is 4.97. The Labute approximate surface area is 160 Å². The lowest BCUT2D eigenvalue weighted by molar-refractivity contribution is -0.126. The molecule has 0 radical (unpaired) electrons. The minimum absolute atomic E-state index is 0.0501. The van der Waals surface area contributed by atoms with Crippen molar-refractivity contribution in [1.82, 2.24) is 5.32 Å². The molecule has 2 aromatic carbocycles. The maximum atomic E-state index is 12.8. The van der Waals surface area contributed by atoms with Gasteiger partial charge >= 0.3 is 0 Å². The van der Waals surface area contributed by atoms with Crippen molar-refractivity contribution in [2.75, 3.05) is 18.1 Å². The highest BCUT2D eigenvalue weighted by molar-refractivity contribution is 6.01. The van der Waals surface area contributed by atoms with Gasteiger partial charge in [-0.2, -0.15) is 0 Å². The van der Waals surface area contributed by atoms with Crippen molar-refractivity contribution in [2.24, 2.45) is 5.92 Å². The fourth-order valence-electron chi connectivity index (χ4n) is 3.56. The van der Waals surface area contributed by atoms with E-state index in [2.05, 4.69) is 5.32 Å². The van der Waals surface area contributed by atoms with Crippen LogP contribution in [0.5, 0.6) is 5.75 Å². The first kappa shape index (κ1) is 19.0. The second-order valence-corrected chi connectivity index (χ2v) is 6.89. The van der Waals surface area contributed by atoms with Gasteiger partial charge in [0.2, 0.25) is 11.8 Å². The van der Waals surface area contributed by atoms with Crippen LogP contribution in [0.25, 0.3) is 0 Å². The van der Waals surface area contributed by atoms with E-state index >= 15 is 0 Å². The Morgan fingerprint density at radius 1 is 1.22 bits per heavy atom. The third kappa shape index (κ3) is 4.13. The molecule has 0 bridgehead atoms. The lowest BCUT2D eigenvalue weighted by Crippen LogP contribution is -2.34. The number of benzene rings is 2. The minimum Gasteiger partial charge on any atom is -0.492 e. The first-order chi connectivity index (χ1) is 13.0. The van der Waals surface area contributed by atoms with Crippen LogP contribution in [-0.2, 0) is 9.59 Å². The summed E-state index contributed by atoms with van der Waals surface area (Å²) in [6.45, 7) is 6.81. The number of nitrogens with zero attached hydrogens (tertiary/aromatic N) is 1. The Kier molecular flexibility index (Phi) is 5.79. The summed E-state index contributed by atoms with van der Waals surface area (Å²) in [4.78, 5) is 27.0. The Bertz CT molecular complexity index is 834. The number of rotatable bonds is 6. The fourth-order valence-corrected chi connectivity index (χ4v) is 3.56. The van der Waals surface area contributed by atoms with E-state index < -0.39 is 0 Å². The van der Waals surface area contributed by atoms with E-state index in [9.17, 15) is 9.59 Å². The fraction of sp³-hybridized carbons (Fsp3) is 0.364. The van der Waals surface area contributed by atoms with Crippen LogP contribution in [0.1, 0.15) is 37.4 Å². The standard InChI is InChI=1S/C22H26N2O3/c1-4-27-20-12-8-7-11-19(20)24-14-17(13-21(24)25)22(26)23-16(3)18-10-6-5-9-15(18)2/h5-12,16-17H,4,13-14H2,1-3H3,(H,23,26). The molecule has 0 saturated carbocycles. The van der Waals surface area contributed by atoms with Crippen LogP contribution in [-0.4, -0.2) is 25.0 Å². The molecule has 2 atom stereocenters. The number of aryl methyl sites for hydroxylation is 1. The molecule has 1 saturated heterocycles. The summed E-state index contributed by atoms with van der Waals surface area (Å²) >= 11 is 0. The summed E-state index contributed by atoms with van der Waals surface area (Å²) in [5.74, 6) is 0.169. The Balaban J connectivity index is 1.70. The van der Waals surface area contributed by atoms with E-state index in [0.717, 1.165) is 16.8 Å². The summed E-state index contributed by atoms with van der Waals surface area (Å²) in [5, 5.41) is 3.06. The molecule has 142 valence electrons. The largest absolute Gasteiger partial charge is 0.492 e. The maximum Gasteiger partial charge on any atom is 0.227 e. The van der Waals surface area contributed by atoms with Gasteiger partial charge in [-0.15, -0.1) is 0 Å². The van der Waals surface area contributed by atoms with Crippen molar-refractivity contribution in [3.05, 3.63) is 59.7 Å². The van der Waals surface area contributed by atoms with Crippen LogP contribution >= 0.6 is 0 Å². The molecule has 1 heterocycles.